The van der Waals surface area contributed by atoms with Gasteiger partial charge in [-0.1, -0.05) is 19.8 Å². The van der Waals surface area contributed by atoms with Crippen molar-refractivity contribution in [3.63, 3.8) is 0 Å². The van der Waals surface area contributed by atoms with E-state index in [1.54, 1.807) is 0 Å². The van der Waals surface area contributed by atoms with E-state index in [4.69, 9.17) is 5.73 Å². The predicted octanol–water partition coefficient (Wildman–Crippen LogP) is 0.434. The van der Waals surface area contributed by atoms with E-state index in [0.717, 1.165) is 25.7 Å². The quantitative estimate of drug-likeness (QED) is 0.790. The molecule has 21 heavy (non-hydrogen) atoms. The van der Waals surface area contributed by atoms with E-state index >= 15 is 0 Å². The molecule has 1 saturated carbocycles. The fourth-order valence-electron chi connectivity index (χ4n) is 3.60. The number of nitrogens with one attached hydrogen (secondary N) is 1. The molecular formula is C14H27N3O3S. The lowest BCUT2D eigenvalue weighted by atomic mass is 9.76. The molecule has 6 nitrogen and oxygen atoms in total. The van der Waals surface area contributed by atoms with E-state index in [1.807, 2.05) is 4.90 Å². The molecule has 0 aromatic heterocycles. The van der Waals surface area contributed by atoms with E-state index in [9.17, 15) is 13.2 Å². The fraction of sp³-hybridized carbons (Fsp3) is 0.929. The summed E-state index contributed by atoms with van der Waals surface area (Å²) < 4.78 is 25.1. The lowest BCUT2D eigenvalue weighted by Crippen LogP contribution is -2.59. The molecule has 0 bridgehead atoms. The average molecular weight is 317 g/mol. The Bertz CT molecular complexity index is 486. The van der Waals surface area contributed by atoms with Crippen molar-refractivity contribution in [3.8, 4) is 0 Å². The van der Waals surface area contributed by atoms with Gasteiger partial charge >= 0.3 is 0 Å². The second-order valence-electron chi connectivity index (χ2n) is 6.81. The molecule has 0 spiro atoms. The van der Waals surface area contributed by atoms with E-state index < -0.39 is 15.6 Å². The smallest absolute Gasteiger partial charge is 0.242 e. The van der Waals surface area contributed by atoms with Gasteiger partial charge in [0.15, 0.2) is 0 Å². The minimum absolute atomic E-state index is 0.0480. The average Bonchev–Trinajstić information content (AvgIpc) is 2.36. The maximum atomic E-state index is 12.7. The highest BCUT2D eigenvalue weighted by molar-refractivity contribution is 7.88. The number of carbonyl (C=O) groups is 1. The van der Waals surface area contributed by atoms with Gasteiger partial charge in [0.2, 0.25) is 15.9 Å². The summed E-state index contributed by atoms with van der Waals surface area (Å²) in [5.41, 5.74) is 5.64. The molecule has 2 rings (SSSR count). The topological polar surface area (TPSA) is 92.5 Å². The van der Waals surface area contributed by atoms with Crippen molar-refractivity contribution in [2.75, 3.05) is 19.3 Å². The van der Waals surface area contributed by atoms with Crippen molar-refractivity contribution in [1.29, 1.82) is 0 Å². The second kappa shape index (κ2) is 6.22. The standard InChI is InChI=1S/C14H27N3O3S/c1-11-4-3-7-14(15,10-11)13(18)17-8-5-12(6-9-17)16-21(2,19)20/h11-12,16H,3-10,15H2,1-2H3. The Kier molecular flexibility index (Phi) is 4.95. The molecule has 3 N–H and O–H groups in total. The molecule has 0 aromatic rings. The normalized spacial score (nSPS) is 32.1. The third-order valence-electron chi connectivity index (χ3n) is 4.62. The molecule has 2 atom stereocenters. The number of sulfonamides is 1. The molecule has 0 radical (unpaired) electrons. The van der Waals surface area contributed by atoms with E-state index in [-0.39, 0.29) is 11.9 Å². The maximum Gasteiger partial charge on any atom is 0.242 e. The maximum absolute atomic E-state index is 12.7. The van der Waals surface area contributed by atoms with Crippen LogP contribution >= 0.6 is 0 Å². The first-order valence-corrected chi connectivity index (χ1v) is 9.64. The molecule has 2 aliphatic rings. The van der Waals surface area contributed by atoms with Gasteiger partial charge < -0.3 is 10.6 Å². The molecule has 2 fully saturated rings. The minimum Gasteiger partial charge on any atom is -0.341 e. The van der Waals surface area contributed by atoms with Crippen molar-refractivity contribution in [3.05, 3.63) is 0 Å². The highest BCUT2D eigenvalue weighted by Gasteiger charge is 2.41. The summed E-state index contributed by atoms with van der Waals surface area (Å²) in [7, 11) is -3.18. The zero-order chi connectivity index (χ0) is 15.7. The van der Waals surface area contributed by atoms with Crippen molar-refractivity contribution >= 4 is 15.9 Å². The Morgan fingerprint density at radius 3 is 2.43 bits per heavy atom. The second-order valence-corrected chi connectivity index (χ2v) is 8.59. The zero-order valence-corrected chi connectivity index (χ0v) is 13.8. The van der Waals surface area contributed by atoms with Crippen LogP contribution in [0.15, 0.2) is 0 Å². The number of amides is 1. The molecule has 2 unspecified atom stereocenters. The van der Waals surface area contributed by atoms with Crippen LogP contribution in [-0.4, -0.2) is 50.2 Å². The number of hydrogen-bond donors (Lipinski definition) is 2. The molecule has 1 aliphatic carbocycles. The van der Waals surface area contributed by atoms with Gasteiger partial charge in [-0.3, -0.25) is 4.79 Å². The van der Waals surface area contributed by atoms with Gasteiger partial charge in [-0.25, -0.2) is 13.1 Å². The monoisotopic (exact) mass is 317 g/mol. The Balaban J connectivity index is 1.91. The van der Waals surface area contributed by atoms with Gasteiger partial charge in [-0.2, -0.15) is 0 Å². The molecule has 1 saturated heterocycles. The molecule has 1 aliphatic heterocycles. The van der Waals surface area contributed by atoms with Gasteiger partial charge in [0, 0.05) is 19.1 Å². The fourth-order valence-corrected chi connectivity index (χ4v) is 4.45. The van der Waals surface area contributed by atoms with Crippen molar-refractivity contribution in [2.24, 2.45) is 11.7 Å². The van der Waals surface area contributed by atoms with Gasteiger partial charge in [-0.05, 0) is 31.6 Å². The molecule has 1 amide bonds. The first kappa shape index (κ1) is 16.7. The predicted molar refractivity (Wildman–Crippen MR) is 82.1 cm³/mol. The lowest BCUT2D eigenvalue weighted by Gasteiger charge is -2.41. The highest BCUT2D eigenvalue weighted by atomic mass is 32.2. The number of hydrogen-bond acceptors (Lipinski definition) is 4. The van der Waals surface area contributed by atoms with Gasteiger partial charge in [0.1, 0.15) is 0 Å². The summed E-state index contributed by atoms with van der Waals surface area (Å²) in [6.07, 6.45) is 6.16. The Hall–Kier alpha value is -0.660. The molecular weight excluding hydrogens is 290 g/mol. The number of carbonyl (C=O) groups excluding carboxylic acids is 1. The third-order valence-corrected chi connectivity index (χ3v) is 5.38. The Morgan fingerprint density at radius 1 is 1.29 bits per heavy atom. The summed E-state index contributed by atoms with van der Waals surface area (Å²) in [5.74, 6) is 0.545. The van der Waals surface area contributed by atoms with Crippen molar-refractivity contribution < 1.29 is 13.2 Å². The number of likely N-dealkylation sites (tertiary alicyclic amines) is 1. The van der Waals surface area contributed by atoms with Crippen LogP contribution in [0.4, 0.5) is 0 Å². The summed E-state index contributed by atoms with van der Waals surface area (Å²) in [5, 5.41) is 0. The summed E-state index contributed by atoms with van der Waals surface area (Å²) in [6, 6.07) is -0.0666. The first-order chi connectivity index (χ1) is 9.70. The van der Waals surface area contributed by atoms with Crippen LogP contribution in [0, 0.1) is 5.92 Å². The summed E-state index contributed by atoms with van der Waals surface area (Å²) in [6.45, 7) is 3.31. The van der Waals surface area contributed by atoms with Crippen LogP contribution < -0.4 is 10.5 Å². The molecule has 0 aromatic carbocycles. The summed E-state index contributed by atoms with van der Waals surface area (Å²) in [4.78, 5) is 14.5. The third kappa shape index (κ3) is 4.40. The van der Waals surface area contributed by atoms with Gasteiger partial charge in [0.05, 0.1) is 11.8 Å². The van der Waals surface area contributed by atoms with Crippen LogP contribution in [0.1, 0.15) is 45.4 Å². The zero-order valence-electron chi connectivity index (χ0n) is 13.0. The number of piperidine rings is 1. The number of nitrogens with two attached hydrogens (primary N) is 1. The minimum atomic E-state index is -3.18. The van der Waals surface area contributed by atoms with Crippen LogP contribution in [0.25, 0.3) is 0 Å². The Morgan fingerprint density at radius 2 is 1.90 bits per heavy atom. The number of rotatable bonds is 3. The lowest BCUT2D eigenvalue weighted by molar-refractivity contribution is -0.140. The summed E-state index contributed by atoms with van der Waals surface area (Å²) >= 11 is 0. The van der Waals surface area contributed by atoms with Crippen molar-refractivity contribution in [2.45, 2.75) is 57.0 Å². The molecule has 1 heterocycles. The SMILES string of the molecule is CC1CCCC(N)(C(=O)N2CCC(NS(C)(=O)=O)CC2)C1. The van der Waals surface area contributed by atoms with E-state index in [0.29, 0.717) is 31.8 Å². The van der Waals surface area contributed by atoms with Crippen molar-refractivity contribution in [1.82, 2.24) is 9.62 Å². The first-order valence-electron chi connectivity index (χ1n) is 7.75. The van der Waals surface area contributed by atoms with Crippen LogP contribution in [0.2, 0.25) is 0 Å². The van der Waals surface area contributed by atoms with Crippen LogP contribution in [0.5, 0.6) is 0 Å². The highest BCUT2D eigenvalue weighted by Crippen LogP contribution is 2.32. The largest absolute Gasteiger partial charge is 0.341 e. The van der Waals surface area contributed by atoms with Gasteiger partial charge in [-0.15, -0.1) is 0 Å². The molecule has 7 heteroatoms. The van der Waals surface area contributed by atoms with Crippen LogP contribution in [-0.2, 0) is 14.8 Å². The Labute approximate surface area is 127 Å². The van der Waals surface area contributed by atoms with E-state index in [2.05, 4.69) is 11.6 Å². The van der Waals surface area contributed by atoms with Gasteiger partial charge in [0.25, 0.3) is 0 Å². The van der Waals surface area contributed by atoms with Crippen LogP contribution in [0.3, 0.4) is 0 Å². The van der Waals surface area contributed by atoms with E-state index in [1.165, 1.54) is 6.26 Å². The molecule has 122 valence electrons. The number of nitrogens with zero attached hydrogens (tertiary/aromatic N) is 1.